The molecule has 2 aromatic rings. The lowest BCUT2D eigenvalue weighted by Crippen LogP contribution is -2.43. The maximum Gasteiger partial charge on any atom is 0.262 e. The van der Waals surface area contributed by atoms with E-state index in [1.165, 1.54) is 22.5 Å². The zero-order valence-electron chi connectivity index (χ0n) is 16.4. The number of fused-ring (bicyclic) bond motifs is 1. The van der Waals surface area contributed by atoms with Gasteiger partial charge in [-0.1, -0.05) is 6.07 Å². The van der Waals surface area contributed by atoms with Gasteiger partial charge in [-0.3, -0.25) is 9.59 Å². The Balaban J connectivity index is 1.50. The number of aryl methyl sites for hydroxylation is 1. The van der Waals surface area contributed by atoms with Gasteiger partial charge in [-0.2, -0.15) is 4.31 Å². The molecule has 0 bridgehead atoms. The lowest BCUT2D eigenvalue weighted by Gasteiger charge is -2.31. The van der Waals surface area contributed by atoms with Gasteiger partial charge in [0.15, 0.2) is 6.61 Å². The highest BCUT2D eigenvalue weighted by molar-refractivity contribution is 7.89. The Morgan fingerprint density at radius 2 is 2.13 bits per heavy atom. The number of benzene rings is 1. The van der Waals surface area contributed by atoms with E-state index in [4.69, 9.17) is 4.74 Å². The molecule has 2 aliphatic heterocycles. The molecule has 0 saturated carbocycles. The summed E-state index contributed by atoms with van der Waals surface area (Å²) < 4.78 is 32.9. The highest BCUT2D eigenvalue weighted by Gasteiger charge is 2.34. The first-order valence-electron chi connectivity index (χ1n) is 9.64. The number of carbonyl (C=O) groups is 2. The molecule has 158 valence electrons. The molecule has 2 amide bonds. The van der Waals surface area contributed by atoms with Crippen molar-refractivity contribution in [2.75, 3.05) is 30.3 Å². The fourth-order valence-electron chi connectivity index (χ4n) is 3.59. The van der Waals surface area contributed by atoms with Crippen molar-refractivity contribution in [1.82, 2.24) is 9.29 Å². The predicted octanol–water partition coefficient (Wildman–Crippen LogP) is 1.76. The highest BCUT2D eigenvalue weighted by atomic mass is 32.2. The van der Waals surface area contributed by atoms with E-state index in [1.807, 2.05) is 13.0 Å². The highest BCUT2D eigenvalue weighted by Crippen LogP contribution is 2.32. The standard InChI is InChI=1S/C20H22N4O5S/c1-13-4-2-6-18(21-13)23-20(26)14-5-3-9-24(11-14)30(27,28)15-7-8-17-16(10-15)22-19(25)12-29-17/h2,4,6-8,10,14H,3,5,9,11-12H2,1H3,(H,22,25)(H,21,23,26). The summed E-state index contributed by atoms with van der Waals surface area (Å²) in [5.41, 5.74) is 1.10. The van der Waals surface area contributed by atoms with Crippen LogP contribution in [0.3, 0.4) is 0 Å². The first kappa shape index (κ1) is 20.3. The van der Waals surface area contributed by atoms with Crippen LogP contribution in [-0.4, -0.2) is 49.2 Å². The number of nitrogens with zero attached hydrogens (tertiary/aromatic N) is 2. The second kappa shape index (κ2) is 8.04. The summed E-state index contributed by atoms with van der Waals surface area (Å²) >= 11 is 0. The number of piperidine rings is 1. The summed E-state index contributed by atoms with van der Waals surface area (Å²) in [6.45, 7) is 2.14. The Morgan fingerprint density at radius 1 is 1.30 bits per heavy atom. The number of sulfonamides is 1. The minimum absolute atomic E-state index is 0.0495. The van der Waals surface area contributed by atoms with E-state index in [9.17, 15) is 18.0 Å². The second-order valence-electron chi connectivity index (χ2n) is 7.35. The van der Waals surface area contributed by atoms with E-state index in [0.717, 1.165) is 5.69 Å². The van der Waals surface area contributed by atoms with Crippen LogP contribution in [0.25, 0.3) is 0 Å². The number of carbonyl (C=O) groups excluding carboxylic acids is 2. The molecule has 1 aromatic heterocycles. The van der Waals surface area contributed by atoms with Crippen LogP contribution >= 0.6 is 0 Å². The van der Waals surface area contributed by atoms with Gasteiger partial charge < -0.3 is 15.4 Å². The molecule has 0 radical (unpaired) electrons. The van der Waals surface area contributed by atoms with Gasteiger partial charge in [0.25, 0.3) is 5.91 Å². The first-order valence-corrected chi connectivity index (χ1v) is 11.1. The Kier molecular flexibility index (Phi) is 5.44. The minimum atomic E-state index is -3.83. The van der Waals surface area contributed by atoms with E-state index < -0.39 is 15.9 Å². The molecule has 1 atom stereocenters. The molecule has 4 rings (SSSR count). The number of anilines is 2. The third-order valence-electron chi connectivity index (χ3n) is 5.12. The zero-order valence-corrected chi connectivity index (χ0v) is 17.2. The van der Waals surface area contributed by atoms with Gasteiger partial charge in [0.1, 0.15) is 11.6 Å². The lowest BCUT2D eigenvalue weighted by molar-refractivity contribution is -0.121. The van der Waals surface area contributed by atoms with Crippen molar-refractivity contribution in [3.05, 3.63) is 42.1 Å². The third kappa shape index (κ3) is 4.14. The molecule has 2 aliphatic rings. The Hall–Kier alpha value is -2.98. The van der Waals surface area contributed by atoms with Gasteiger partial charge in [0.2, 0.25) is 15.9 Å². The first-order chi connectivity index (χ1) is 14.3. The SMILES string of the molecule is Cc1cccc(NC(=O)C2CCCN(S(=O)(=O)c3ccc4c(c3)NC(=O)CO4)C2)n1. The van der Waals surface area contributed by atoms with Crippen LogP contribution in [0.15, 0.2) is 41.3 Å². The summed E-state index contributed by atoms with van der Waals surface area (Å²) in [7, 11) is -3.83. The van der Waals surface area contributed by atoms with Crippen molar-refractivity contribution in [2.45, 2.75) is 24.7 Å². The number of ether oxygens (including phenoxy) is 1. The Bertz CT molecular complexity index is 1100. The summed E-state index contributed by atoms with van der Waals surface area (Å²) in [6, 6.07) is 9.70. The molecule has 1 unspecified atom stereocenters. The van der Waals surface area contributed by atoms with E-state index in [0.29, 0.717) is 36.6 Å². The van der Waals surface area contributed by atoms with Crippen molar-refractivity contribution >= 4 is 33.3 Å². The Labute approximate surface area is 174 Å². The molecule has 3 heterocycles. The average molecular weight is 430 g/mol. The molecule has 0 aliphatic carbocycles. The third-order valence-corrected chi connectivity index (χ3v) is 6.98. The van der Waals surface area contributed by atoms with E-state index >= 15 is 0 Å². The van der Waals surface area contributed by atoms with Crippen LogP contribution in [0.1, 0.15) is 18.5 Å². The number of rotatable bonds is 4. The van der Waals surface area contributed by atoms with E-state index in [2.05, 4.69) is 15.6 Å². The summed E-state index contributed by atoms with van der Waals surface area (Å²) in [5, 5.41) is 5.39. The van der Waals surface area contributed by atoms with E-state index in [1.54, 1.807) is 12.1 Å². The smallest absolute Gasteiger partial charge is 0.262 e. The quantitative estimate of drug-likeness (QED) is 0.763. The van der Waals surface area contributed by atoms with Crippen LogP contribution < -0.4 is 15.4 Å². The van der Waals surface area contributed by atoms with Crippen LogP contribution in [0.5, 0.6) is 5.75 Å². The maximum absolute atomic E-state index is 13.2. The van der Waals surface area contributed by atoms with Crippen LogP contribution in [0.4, 0.5) is 11.5 Å². The van der Waals surface area contributed by atoms with Crippen molar-refractivity contribution in [1.29, 1.82) is 0 Å². The average Bonchev–Trinajstić information content (AvgIpc) is 2.73. The zero-order chi connectivity index (χ0) is 21.3. The molecule has 2 N–H and O–H groups in total. The largest absolute Gasteiger partial charge is 0.482 e. The topological polar surface area (TPSA) is 118 Å². The molecule has 10 heteroatoms. The summed E-state index contributed by atoms with van der Waals surface area (Å²) in [4.78, 5) is 28.5. The van der Waals surface area contributed by atoms with Crippen molar-refractivity contribution < 1.29 is 22.7 Å². The molecule has 1 aromatic carbocycles. The lowest BCUT2D eigenvalue weighted by atomic mass is 9.99. The van der Waals surface area contributed by atoms with Gasteiger partial charge >= 0.3 is 0 Å². The van der Waals surface area contributed by atoms with Gasteiger partial charge in [0.05, 0.1) is 16.5 Å². The molecule has 1 fully saturated rings. The molecule has 9 nitrogen and oxygen atoms in total. The van der Waals surface area contributed by atoms with Crippen molar-refractivity contribution in [2.24, 2.45) is 5.92 Å². The molecule has 1 saturated heterocycles. The summed E-state index contributed by atoms with van der Waals surface area (Å²) in [5.74, 6) is -0.187. The van der Waals surface area contributed by atoms with Crippen LogP contribution in [0.2, 0.25) is 0 Å². The van der Waals surface area contributed by atoms with Gasteiger partial charge in [-0.25, -0.2) is 13.4 Å². The number of aromatic nitrogens is 1. The van der Waals surface area contributed by atoms with Gasteiger partial charge in [-0.15, -0.1) is 0 Å². The predicted molar refractivity (Wildman–Crippen MR) is 110 cm³/mol. The number of hydrogen-bond donors (Lipinski definition) is 2. The normalized spacial score (nSPS) is 19.4. The van der Waals surface area contributed by atoms with Crippen molar-refractivity contribution in [3.8, 4) is 5.75 Å². The molecule has 0 spiro atoms. The van der Waals surface area contributed by atoms with Crippen molar-refractivity contribution in [3.63, 3.8) is 0 Å². The molecular weight excluding hydrogens is 408 g/mol. The number of pyridine rings is 1. The fourth-order valence-corrected chi connectivity index (χ4v) is 5.14. The maximum atomic E-state index is 13.2. The number of hydrogen-bond acceptors (Lipinski definition) is 6. The monoisotopic (exact) mass is 430 g/mol. The molecule has 30 heavy (non-hydrogen) atoms. The Morgan fingerprint density at radius 3 is 2.93 bits per heavy atom. The second-order valence-corrected chi connectivity index (χ2v) is 9.29. The minimum Gasteiger partial charge on any atom is -0.482 e. The summed E-state index contributed by atoms with van der Waals surface area (Å²) in [6.07, 6.45) is 1.17. The van der Waals surface area contributed by atoms with Crippen LogP contribution in [0, 0.1) is 12.8 Å². The van der Waals surface area contributed by atoms with E-state index in [-0.39, 0.29) is 29.9 Å². The number of nitrogens with one attached hydrogen (secondary N) is 2. The molecular formula is C20H22N4O5S. The number of amides is 2. The van der Waals surface area contributed by atoms with Gasteiger partial charge in [0, 0.05) is 18.8 Å². The van der Waals surface area contributed by atoms with Crippen LogP contribution in [-0.2, 0) is 19.6 Å². The van der Waals surface area contributed by atoms with Gasteiger partial charge in [-0.05, 0) is 50.1 Å². The fraction of sp³-hybridized carbons (Fsp3) is 0.350.